The number of nitrogens with one attached hydrogen (secondary N) is 1. The predicted octanol–water partition coefficient (Wildman–Crippen LogP) is 4.24. The van der Waals surface area contributed by atoms with E-state index in [4.69, 9.17) is 32.7 Å². The quantitative estimate of drug-likeness (QED) is 0.467. The molecule has 37 heavy (non-hydrogen) atoms. The number of nitrogens with zero attached hydrogens (tertiary/aromatic N) is 4. The molecule has 2 aliphatic heterocycles. The number of halogens is 2. The average Bonchev–Trinajstić information content (AvgIpc) is 3.40. The molecule has 0 spiro atoms. The molecule has 5 rings (SSSR count). The van der Waals surface area contributed by atoms with Crippen LogP contribution in [0, 0.1) is 0 Å². The van der Waals surface area contributed by atoms with Gasteiger partial charge < -0.3 is 24.3 Å². The highest BCUT2D eigenvalue weighted by Crippen LogP contribution is 2.47. The molecule has 194 valence electrons. The maximum atomic E-state index is 14.1. The second-order valence-electron chi connectivity index (χ2n) is 9.33. The van der Waals surface area contributed by atoms with Crippen LogP contribution in [0.2, 0.25) is 5.02 Å². The van der Waals surface area contributed by atoms with Crippen LogP contribution in [0.25, 0.3) is 11.3 Å². The number of methoxy groups -OCH3 is 2. The lowest BCUT2D eigenvalue weighted by atomic mass is 9.98. The molecule has 4 heterocycles. The molecular weight excluding hydrogens is 517 g/mol. The lowest BCUT2D eigenvalue weighted by molar-refractivity contribution is -0.127. The molecule has 1 N–H and O–H groups in total. The van der Waals surface area contributed by atoms with Gasteiger partial charge in [-0.2, -0.15) is 4.98 Å². The van der Waals surface area contributed by atoms with E-state index in [1.165, 1.54) is 14.2 Å². The molecule has 0 bridgehead atoms. The number of piperidine rings is 1. The van der Waals surface area contributed by atoms with Crippen LogP contribution >= 0.6 is 23.2 Å². The van der Waals surface area contributed by atoms with Crippen LogP contribution in [-0.2, 0) is 4.79 Å². The van der Waals surface area contributed by atoms with E-state index < -0.39 is 12.1 Å². The van der Waals surface area contributed by atoms with Crippen molar-refractivity contribution in [2.24, 2.45) is 0 Å². The van der Waals surface area contributed by atoms with Gasteiger partial charge in [0.25, 0.3) is 5.91 Å². The Bertz CT molecular complexity index is 1360. The third-order valence-electron chi connectivity index (χ3n) is 6.78. The number of hydrogen-bond acceptors (Lipinski definition) is 6. The number of rotatable bonds is 6. The van der Waals surface area contributed by atoms with E-state index in [1.807, 2.05) is 32.0 Å². The van der Waals surface area contributed by atoms with Crippen LogP contribution in [-0.4, -0.2) is 63.4 Å². The van der Waals surface area contributed by atoms with Crippen molar-refractivity contribution in [1.29, 1.82) is 0 Å². The molecule has 11 heteroatoms. The van der Waals surface area contributed by atoms with Crippen molar-refractivity contribution in [1.82, 2.24) is 24.8 Å². The lowest BCUT2D eigenvalue weighted by Gasteiger charge is -2.37. The Morgan fingerprint density at radius 2 is 1.84 bits per heavy atom. The highest BCUT2D eigenvalue weighted by molar-refractivity contribution is 6.30. The van der Waals surface area contributed by atoms with E-state index >= 15 is 0 Å². The Labute approximate surface area is 224 Å². The second kappa shape index (κ2) is 9.87. The summed E-state index contributed by atoms with van der Waals surface area (Å²) >= 11 is 12.6. The maximum absolute atomic E-state index is 14.1. The summed E-state index contributed by atoms with van der Waals surface area (Å²) in [5.74, 6) is -0.125. The summed E-state index contributed by atoms with van der Waals surface area (Å²) in [6.07, 6.45) is 1.99. The van der Waals surface area contributed by atoms with E-state index in [0.717, 1.165) is 17.0 Å². The molecule has 2 aromatic heterocycles. The summed E-state index contributed by atoms with van der Waals surface area (Å²) in [6.45, 7) is 4.45. The van der Waals surface area contributed by atoms with Gasteiger partial charge in [0, 0.05) is 23.8 Å². The van der Waals surface area contributed by atoms with Crippen molar-refractivity contribution >= 4 is 35.0 Å². The van der Waals surface area contributed by atoms with Gasteiger partial charge in [0.05, 0.1) is 48.2 Å². The second-order valence-corrected chi connectivity index (χ2v) is 10.4. The van der Waals surface area contributed by atoms with Crippen molar-refractivity contribution in [3.63, 3.8) is 0 Å². The molecule has 0 radical (unpaired) electrons. The van der Waals surface area contributed by atoms with Crippen LogP contribution in [0.1, 0.15) is 54.0 Å². The molecule has 3 aromatic rings. The first kappa shape index (κ1) is 25.4. The molecule has 1 fully saturated rings. The minimum Gasteiger partial charge on any atom is -0.480 e. The first-order chi connectivity index (χ1) is 17.7. The normalized spacial score (nSPS) is 21.3. The van der Waals surface area contributed by atoms with Crippen LogP contribution in [0.3, 0.4) is 0 Å². The SMILES string of the molecule is COc1ncc(-c2cc3c(n2C(C)C)C(c2ccc(Cl)cc2)N(C2CC(Cl)CNC2=O)C3=O)c(OC)n1. The molecule has 2 aliphatic rings. The van der Waals surface area contributed by atoms with E-state index in [0.29, 0.717) is 35.0 Å². The first-order valence-corrected chi connectivity index (χ1v) is 12.8. The van der Waals surface area contributed by atoms with Crippen LogP contribution in [0.15, 0.2) is 36.5 Å². The zero-order valence-corrected chi connectivity index (χ0v) is 22.4. The zero-order valence-electron chi connectivity index (χ0n) is 20.9. The number of alkyl halides is 1. The van der Waals surface area contributed by atoms with Crippen molar-refractivity contribution in [2.75, 3.05) is 20.8 Å². The third kappa shape index (κ3) is 4.30. The van der Waals surface area contributed by atoms with E-state index in [-0.39, 0.29) is 29.2 Å². The van der Waals surface area contributed by atoms with Gasteiger partial charge in [0.15, 0.2) is 0 Å². The van der Waals surface area contributed by atoms with Crippen molar-refractivity contribution in [2.45, 2.75) is 43.8 Å². The van der Waals surface area contributed by atoms with E-state index in [9.17, 15) is 9.59 Å². The number of carbonyl (C=O) groups is 2. The standard InChI is InChI=1S/C26H27Cl2N5O4/c1-13(2)32-19(18-12-30-26(37-4)31-24(18)36-3)10-17-22(32)21(14-5-7-15(27)8-6-14)33(25(17)35)20-9-16(28)11-29-23(20)34/h5-8,10,12-13,16,20-21H,9,11H2,1-4H3,(H,29,34). The molecule has 1 aromatic carbocycles. The monoisotopic (exact) mass is 543 g/mol. The molecule has 0 saturated carbocycles. The van der Waals surface area contributed by atoms with Crippen LogP contribution in [0.4, 0.5) is 0 Å². The summed E-state index contributed by atoms with van der Waals surface area (Å²) in [6, 6.07) is 8.06. The number of ether oxygens (including phenoxy) is 2. The number of amides is 2. The van der Waals surface area contributed by atoms with Gasteiger partial charge in [0.1, 0.15) is 6.04 Å². The average molecular weight is 544 g/mol. The zero-order chi connectivity index (χ0) is 26.4. The van der Waals surface area contributed by atoms with Crippen molar-refractivity contribution in [3.05, 3.63) is 58.4 Å². The van der Waals surface area contributed by atoms with Crippen LogP contribution in [0.5, 0.6) is 11.9 Å². The van der Waals surface area contributed by atoms with Gasteiger partial charge in [-0.25, -0.2) is 4.98 Å². The number of carbonyl (C=O) groups excluding carboxylic acids is 2. The highest BCUT2D eigenvalue weighted by Gasteiger charge is 2.48. The van der Waals surface area contributed by atoms with E-state index in [2.05, 4.69) is 19.9 Å². The number of fused-ring (bicyclic) bond motifs is 1. The maximum Gasteiger partial charge on any atom is 0.319 e. The van der Waals surface area contributed by atoms with Crippen molar-refractivity contribution in [3.8, 4) is 23.1 Å². The minimum absolute atomic E-state index is 0.0472. The Balaban J connectivity index is 1.73. The fraction of sp³-hybridized carbons (Fsp3) is 0.385. The van der Waals surface area contributed by atoms with Crippen molar-refractivity contribution < 1.29 is 19.1 Å². The minimum atomic E-state index is -0.709. The number of benzene rings is 1. The molecule has 2 amide bonds. The summed E-state index contributed by atoms with van der Waals surface area (Å²) in [7, 11) is 3.01. The molecular formula is C26H27Cl2N5O4. The Kier molecular flexibility index (Phi) is 6.76. The molecule has 3 unspecified atom stereocenters. The van der Waals surface area contributed by atoms with Gasteiger partial charge in [-0.05, 0) is 44.0 Å². The number of hydrogen-bond donors (Lipinski definition) is 1. The Hall–Kier alpha value is -3.30. The molecule has 3 atom stereocenters. The summed E-state index contributed by atoms with van der Waals surface area (Å²) in [5.41, 5.74) is 3.47. The predicted molar refractivity (Wildman–Crippen MR) is 139 cm³/mol. The molecule has 0 aliphatic carbocycles. The molecule has 9 nitrogen and oxygen atoms in total. The topological polar surface area (TPSA) is 98.6 Å². The Morgan fingerprint density at radius 1 is 1.11 bits per heavy atom. The van der Waals surface area contributed by atoms with Gasteiger partial charge >= 0.3 is 6.01 Å². The largest absolute Gasteiger partial charge is 0.480 e. The van der Waals surface area contributed by atoms with Gasteiger partial charge in [-0.15, -0.1) is 11.6 Å². The van der Waals surface area contributed by atoms with Gasteiger partial charge in [-0.1, -0.05) is 23.7 Å². The van der Waals surface area contributed by atoms with Gasteiger partial charge in [-0.3, -0.25) is 9.59 Å². The lowest BCUT2D eigenvalue weighted by Crippen LogP contribution is -2.55. The summed E-state index contributed by atoms with van der Waals surface area (Å²) < 4.78 is 12.8. The van der Waals surface area contributed by atoms with Crippen LogP contribution < -0.4 is 14.8 Å². The Morgan fingerprint density at radius 3 is 2.49 bits per heavy atom. The first-order valence-electron chi connectivity index (χ1n) is 12.0. The summed E-state index contributed by atoms with van der Waals surface area (Å²) in [4.78, 5) is 37.3. The fourth-order valence-corrected chi connectivity index (χ4v) is 5.58. The fourth-order valence-electron chi connectivity index (χ4n) is 5.21. The molecule has 1 saturated heterocycles. The highest BCUT2D eigenvalue weighted by atomic mass is 35.5. The third-order valence-corrected chi connectivity index (χ3v) is 7.36. The smallest absolute Gasteiger partial charge is 0.319 e. The van der Waals surface area contributed by atoms with Gasteiger partial charge in [0.2, 0.25) is 11.8 Å². The number of aromatic nitrogens is 3. The van der Waals surface area contributed by atoms with E-state index in [1.54, 1.807) is 23.2 Å². The summed E-state index contributed by atoms with van der Waals surface area (Å²) in [5, 5.41) is 3.15.